The number of hydrogen-bond acceptors (Lipinski definition) is 4. The molecule has 23 heavy (non-hydrogen) atoms. The maximum Gasteiger partial charge on any atom is 0.337 e. The Morgan fingerprint density at radius 1 is 1.04 bits per heavy atom. The molecule has 1 aromatic rings. The van der Waals surface area contributed by atoms with Crippen LogP contribution in [0, 0.1) is 0 Å². The van der Waals surface area contributed by atoms with E-state index < -0.39 is 7.60 Å². The third-order valence-electron chi connectivity index (χ3n) is 3.54. The Labute approximate surface area is 167 Å². The van der Waals surface area contributed by atoms with Crippen LogP contribution in [0.5, 0.6) is 0 Å². The quantitative estimate of drug-likeness (QED) is 0.197. The maximum atomic E-state index is 12.9. The number of nitrogens with zero attached hydrogens (tertiary/aromatic N) is 1. The number of rotatable bonds is 11. The molecule has 0 radical (unpaired) electrons. The Kier molecular flexibility index (Phi) is 10.6. The minimum absolute atomic E-state index is 0.265. The van der Waals surface area contributed by atoms with Crippen molar-refractivity contribution in [3.05, 3.63) is 29.8 Å². The lowest BCUT2D eigenvalue weighted by molar-refractivity contribution is 0.213. The van der Waals surface area contributed by atoms with Crippen molar-refractivity contribution in [2.45, 2.75) is 26.4 Å². The molecule has 0 amide bonds. The second kappa shape index (κ2) is 11.3. The molecule has 0 spiro atoms. The molecule has 0 heterocycles. The van der Waals surface area contributed by atoms with Crippen molar-refractivity contribution in [2.24, 2.45) is 0 Å². The summed E-state index contributed by atoms with van der Waals surface area (Å²) in [5.41, 5.74) is 1.93. The van der Waals surface area contributed by atoms with Gasteiger partial charge in [0.25, 0.3) is 0 Å². The summed E-state index contributed by atoms with van der Waals surface area (Å²) in [7, 11) is -3.11. The van der Waals surface area contributed by atoms with Crippen LogP contribution in [0.4, 0.5) is 5.69 Å². The molecule has 7 heteroatoms. The average molecular weight is 565 g/mol. The van der Waals surface area contributed by atoms with Crippen LogP contribution in [0.2, 0.25) is 0 Å². The van der Waals surface area contributed by atoms with Crippen molar-refractivity contribution in [2.75, 3.05) is 40.1 Å². The van der Waals surface area contributed by atoms with E-state index >= 15 is 0 Å². The van der Waals surface area contributed by atoms with Gasteiger partial charge >= 0.3 is 7.60 Å². The van der Waals surface area contributed by atoms with Gasteiger partial charge in [-0.1, -0.05) is 57.3 Å². The van der Waals surface area contributed by atoms with Crippen LogP contribution in [0.1, 0.15) is 32.0 Å². The van der Waals surface area contributed by atoms with Gasteiger partial charge in [-0.05, 0) is 38.5 Å². The summed E-state index contributed by atoms with van der Waals surface area (Å²) >= 11 is 4.80. The molecule has 132 valence electrons. The van der Waals surface area contributed by atoms with Crippen LogP contribution < -0.4 is 4.90 Å². The molecule has 4 nitrogen and oxygen atoms in total. The molecule has 0 aliphatic rings. The van der Waals surface area contributed by atoms with Crippen molar-refractivity contribution < 1.29 is 13.6 Å². The summed E-state index contributed by atoms with van der Waals surface area (Å²) in [5, 5.41) is 0. The molecule has 0 saturated carbocycles. The number of hydrogen-bond donors (Lipinski definition) is 0. The Hall–Kier alpha value is 0.630. The molecule has 0 bridgehead atoms. The summed E-state index contributed by atoms with van der Waals surface area (Å²) in [6, 6.07) is 8.29. The predicted octanol–water partition coefficient (Wildman–Crippen LogP) is 5.69. The van der Waals surface area contributed by atoms with Gasteiger partial charge in [-0.15, -0.1) is 0 Å². The molecule has 0 fully saturated rings. The maximum absolute atomic E-state index is 12.9. The second-order valence-corrected chi connectivity index (χ2v) is 9.54. The third kappa shape index (κ3) is 6.45. The van der Waals surface area contributed by atoms with Gasteiger partial charge < -0.3 is 13.9 Å². The first-order valence-corrected chi connectivity index (χ1v) is 12.5. The van der Waals surface area contributed by atoms with E-state index in [2.05, 4.69) is 62.2 Å². The van der Waals surface area contributed by atoms with Gasteiger partial charge in [-0.3, -0.25) is 4.57 Å². The fraction of sp³-hybridized carbons (Fsp3) is 0.625. The van der Waals surface area contributed by atoms with E-state index in [1.54, 1.807) is 0 Å². The highest BCUT2D eigenvalue weighted by Gasteiger charge is 2.33. The molecule has 0 aliphatic heterocycles. The predicted molar refractivity (Wildman–Crippen MR) is 116 cm³/mol. The number of alkyl halides is 2. The van der Waals surface area contributed by atoms with Crippen LogP contribution in [0.15, 0.2) is 24.3 Å². The molecule has 0 aliphatic carbocycles. The molecule has 0 unspecified atom stereocenters. The zero-order valence-electron chi connectivity index (χ0n) is 14.0. The molecule has 0 saturated heterocycles. The van der Waals surface area contributed by atoms with Crippen LogP contribution in [-0.4, -0.2) is 35.2 Å². The zero-order chi connectivity index (χ0) is 17.3. The summed E-state index contributed by atoms with van der Waals surface area (Å²) in [6.45, 7) is 8.44. The summed E-state index contributed by atoms with van der Waals surface area (Å²) in [4.78, 5) is 2.37. The van der Waals surface area contributed by atoms with E-state index in [4.69, 9.17) is 9.05 Å². The van der Waals surface area contributed by atoms with Gasteiger partial charge in [0.2, 0.25) is 0 Å². The largest absolute Gasteiger partial charge is 0.370 e. The second-order valence-electron chi connectivity index (χ2n) is 5.01. The van der Waals surface area contributed by atoms with Crippen LogP contribution >= 0.6 is 52.8 Å². The third-order valence-corrected chi connectivity index (χ3v) is 6.99. The normalized spacial score (nSPS) is 13.1. The molecule has 1 aromatic carbocycles. The SMILES string of the molecule is CCOP(=O)(OCC)[C@H](C)c1ccc(N(CCI)CCI)cc1. The molecule has 1 atom stereocenters. The average Bonchev–Trinajstić information content (AvgIpc) is 2.54. The first-order chi connectivity index (χ1) is 11.0. The Morgan fingerprint density at radius 2 is 1.52 bits per heavy atom. The van der Waals surface area contributed by atoms with E-state index in [9.17, 15) is 4.57 Å². The van der Waals surface area contributed by atoms with E-state index in [0.717, 1.165) is 27.5 Å². The lowest BCUT2D eigenvalue weighted by Gasteiger charge is -2.26. The van der Waals surface area contributed by atoms with Gasteiger partial charge in [0, 0.05) is 27.6 Å². The van der Waals surface area contributed by atoms with Gasteiger partial charge in [0.15, 0.2) is 0 Å². The van der Waals surface area contributed by atoms with Crippen molar-refractivity contribution in [1.82, 2.24) is 0 Å². The Morgan fingerprint density at radius 3 is 1.91 bits per heavy atom. The highest BCUT2D eigenvalue weighted by Crippen LogP contribution is 2.60. The molecule has 1 rings (SSSR count). The standard InChI is InChI=1S/C16H26I2NO3P/c1-4-21-23(20,22-5-2)14(3)15-6-8-16(9-7-15)19(12-10-17)13-11-18/h6-9,14H,4-5,10-13H2,1-3H3/t14-/m1/s1. The number of benzene rings is 1. The Balaban J connectivity index is 2.95. The van der Waals surface area contributed by atoms with E-state index in [0.29, 0.717) is 13.2 Å². The van der Waals surface area contributed by atoms with Crippen molar-refractivity contribution >= 4 is 58.5 Å². The fourth-order valence-electron chi connectivity index (χ4n) is 2.34. The van der Waals surface area contributed by atoms with Crippen LogP contribution in [0.3, 0.4) is 0 Å². The number of halogens is 2. The van der Waals surface area contributed by atoms with E-state index in [-0.39, 0.29) is 5.66 Å². The minimum atomic E-state index is -3.11. The van der Waals surface area contributed by atoms with Gasteiger partial charge in [0.1, 0.15) is 0 Å². The molecule has 0 N–H and O–H groups in total. The lowest BCUT2D eigenvalue weighted by atomic mass is 10.1. The highest BCUT2D eigenvalue weighted by atomic mass is 127. The minimum Gasteiger partial charge on any atom is -0.370 e. The highest BCUT2D eigenvalue weighted by molar-refractivity contribution is 14.1. The zero-order valence-corrected chi connectivity index (χ0v) is 19.2. The topological polar surface area (TPSA) is 38.8 Å². The molecule has 0 aromatic heterocycles. The van der Waals surface area contributed by atoms with Crippen molar-refractivity contribution in [3.8, 4) is 0 Å². The molecular weight excluding hydrogens is 539 g/mol. The summed E-state index contributed by atoms with van der Waals surface area (Å²) in [5.74, 6) is 0. The first kappa shape index (κ1) is 21.7. The summed E-state index contributed by atoms with van der Waals surface area (Å²) < 4.78 is 26.0. The smallest absolute Gasteiger partial charge is 0.337 e. The van der Waals surface area contributed by atoms with Gasteiger partial charge in [0.05, 0.1) is 18.9 Å². The first-order valence-electron chi connectivity index (χ1n) is 7.88. The fourth-order valence-corrected chi connectivity index (χ4v) is 5.28. The van der Waals surface area contributed by atoms with Gasteiger partial charge in [-0.25, -0.2) is 0 Å². The lowest BCUT2D eigenvalue weighted by Crippen LogP contribution is -2.27. The summed E-state index contributed by atoms with van der Waals surface area (Å²) in [6.07, 6.45) is 0. The number of anilines is 1. The van der Waals surface area contributed by atoms with Crippen molar-refractivity contribution in [3.63, 3.8) is 0 Å². The van der Waals surface area contributed by atoms with Crippen molar-refractivity contribution in [1.29, 1.82) is 0 Å². The Bertz CT molecular complexity index is 483. The van der Waals surface area contributed by atoms with Crippen LogP contribution in [-0.2, 0) is 13.6 Å². The van der Waals surface area contributed by atoms with E-state index in [1.807, 2.05) is 32.9 Å². The van der Waals surface area contributed by atoms with E-state index in [1.165, 1.54) is 5.69 Å². The monoisotopic (exact) mass is 565 g/mol. The van der Waals surface area contributed by atoms with Crippen LogP contribution in [0.25, 0.3) is 0 Å². The van der Waals surface area contributed by atoms with Gasteiger partial charge in [-0.2, -0.15) is 0 Å². The molecular formula is C16H26I2NO3P.